The van der Waals surface area contributed by atoms with Crippen LogP contribution in [0.1, 0.15) is 39.2 Å². The molecule has 2 heterocycles. The summed E-state index contributed by atoms with van der Waals surface area (Å²) in [6, 6.07) is 8.25. The quantitative estimate of drug-likeness (QED) is 0.574. The molecule has 6 nitrogen and oxygen atoms in total. The van der Waals surface area contributed by atoms with Gasteiger partial charge in [-0.05, 0) is 43.4 Å². The molecule has 0 spiro atoms. The Labute approximate surface area is 169 Å². The van der Waals surface area contributed by atoms with E-state index < -0.39 is 0 Å². The molecule has 3 rings (SSSR count). The zero-order valence-corrected chi connectivity index (χ0v) is 17.5. The van der Waals surface area contributed by atoms with Gasteiger partial charge in [0.25, 0.3) is 0 Å². The summed E-state index contributed by atoms with van der Waals surface area (Å²) >= 11 is 0. The number of ether oxygens (including phenoxy) is 3. The van der Waals surface area contributed by atoms with Crippen LogP contribution in [0, 0.1) is 5.92 Å². The number of nitrogens with one attached hydrogen (secondary N) is 1. The molecule has 0 aromatic heterocycles. The van der Waals surface area contributed by atoms with Crippen LogP contribution in [0.25, 0.3) is 0 Å². The summed E-state index contributed by atoms with van der Waals surface area (Å²) in [7, 11) is 0. The molecule has 0 amide bonds. The summed E-state index contributed by atoms with van der Waals surface area (Å²) in [4.78, 5) is 7.17. The first-order chi connectivity index (χ1) is 13.7. The molecular weight excluding hydrogens is 354 g/mol. The highest BCUT2D eigenvalue weighted by atomic mass is 16.5. The van der Waals surface area contributed by atoms with Crippen molar-refractivity contribution in [2.45, 2.75) is 52.4 Å². The highest BCUT2D eigenvalue weighted by Crippen LogP contribution is 2.21. The van der Waals surface area contributed by atoms with E-state index in [1.165, 1.54) is 5.56 Å². The first-order valence-corrected chi connectivity index (χ1v) is 10.6. The summed E-state index contributed by atoms with van der Waals surface area (Å²) < 4.78 is 17.6. The normalized spacial score (nSPS) is 23.3. The van der Waals surface area contributed by atoms with Gasteiger partial charge >= 0.3 is 0 Å². The lowest BCUT2D eigenvalue weighted by Crippen LogP contribution is -2.53. The highest BCUT2D eigenvalue weighted by Gasteiger charge is 2.32. The van der Waals surface area contributed by atoms with Gasteiger partial charge in [-0.1, -0.05) is 26.0 Å². The molecule has 1 aromatic carbocycles. The number of rotatable bonds is 7. The molecule has 0 saturated carbocycles. The predicted molar refractivity (Wildman–Crippen MR) is 112 cm³/mol. The van der Waals surface area contributed by atoms with Crippen molar-refractivity contribution < 1.29 is 14.2 Å². The van der Waals surface area contributed by atoms with Gasteiger partial charge in [-0.3, -0.25) is 0 Å². The highest BCUT2D eigenvalue weighted by molar-refractivity contribution is 5.80. The molecule has 2 aliphatic rings. The predicted octanol–water partition coefficient (Wildman–Crippen LogP) is 3.07. The number of nitrogens with zero attached hydrogens (tertiary/aromatic N) is 2. The molecule has 156 valence electrons. The van der Waals surface area contributed by atoms with Crippen LogP contribution in [0.3, 0.4) is 0 Å². The topological polar surface area (TPSA) is 55.3 Å². The van der Waals surface area contributed by atoms with Crippen molar-refractivity contribution >= 4 is 5.96 Å². The summed E-state index contributed by atoms with van der Waals surface area (Å²) in [5.74, 6) is 2.40. The molecule has 1 N–H and O–H groups in total. The van der Waals surface area contributed by atoms with Crippen LogP contribution in [0.5, 0.6) is 5.75 Å². The van der Waals surface area contributed by atoms with Gasteiger partial charge in [-0.25, -0.2) is 4.99 Å². The van der Waals surface area contributed by atoms with E-state index in [0.717, 1.165) is 64.0 Å². The minimum absolute atomic E-state index is 0.137. The first-order valence-electron chi connectivity index (χ1n) is 10.6. The van der Waals surface area contributed by atoms with Crippen molar-refractivity contribution in [3.63, 3.8) is 0 Å². The van der Waals surface area contributed by atoms with Gasteiger partial charge in [0.05, 0.1) is 25.9 Å². The maximum absolute atomic E-state index is 5.97. The Kier molecular flexibility index (Phi) is 7.98. The molecule has 0 radical (unpaired) electrons. The molecule has 0 aliphatic carbocycles. The molecule has 28 heavy (non-hydrogen) atoms. The second-order valence-electron chi connectivity index (χ2n) is 7.93. The third-order valence-electron chi connectivity index (χ3n) is 5.03. The molecule has 2 saturated heterocycles. The third kappa shape index (κ3) is 6.11. The Morgan fingerprint density at radius 3 is 2.68 bits per heavy atom. The lowest BCUT2D eigenvalue weighted by Gasteiger charge is -2.37. The van der Waals surface area contributed by atoms with Crippen molar-refractivity contribution in [1.82, 2.24) is 10.2 Å². The van der Waals surface area contributed by atoms with Crippen molar-refractivity contribution in [2.24, 2.45) is 10.9 Å². The van der Waals surface area contributed by atoms with E-state index in [0.29, 0.717) is 12.5 Å². The number of hydrogen-bond donors (Lipinski definition) is 1. The Balaban J connectivity index is 1.58. The second kappa shape index (κ2) is 10.7. The van der Waals surface area contributed by atoms with Crippen molar-refractivity contribution in [1.29, 1.82) is 0 Å². The van der Waals surface area contributed by atoms with E-state index in [-0.39, 0.29) is 12.2 Å². The average molecular weight is 390 g/mol. The van der Waals surface area contributed by atoms with Gasteiger partial charge in [0.15, 0.2) is 5.96 Å². The van der Waals surface area contributed by atoms with Crippen LogP contribution in [0.15, 0.2) is 29.3 Å². The molecule has 1 aromatic rings. The zero-order valence-electron chi connectivity index (χ0n) is 17.5. The van der Waals surface area contributed by atoms with E-state index in [9.17, 15) is 0 Å². The lowest BCUT2D eigenvalue weighted by molar-refractivity contribution is -0.0817. The summed E-state index contributed by atoms with van der Waals surface area (Å²) in [6.45, 7) is 11.9. The second-order valence-corrected chi connectivity index (χ2v) is 7.93. The van der Waals surface area contributed by atoms with Crippen molar-refractivity contribution in [2.75, 3.05) is 39.5 Å². The average Bonchev–Trinajstić information content (AvgIpc) is 3.25. The van der Waals surface area contributed by atoms with Gasteiger partial charge in [-0.2, -0.15) is 0 Å². The zero-order chi connectivity index (χ0) is 19.8. The Hall–Kier alpha value is -1.79. The van der Waals surface area contributed by atoms with Gasteiger partial charge in [0.2, 0.25) is 0 Å². The maximum atomic E-state index is 5.97. The van der Waals surface area contributed by atoms with Gasteiger partial charge in [-0.15, -0.1) is 0 Å². The van der Waals surface area contributed by atoms with Crippen LogP contribution in [-0.2, 0) is 16.0 Å². The molecular formula is C22H35N3O3. The third-order valence-corrected chi connectivity index (χ3v) is 5.03. The van der Waals surface area contributed by atoms with Crippen LogP contribution < -0.4 is 10.1 Å². The fourth-order valence-electron chi connectivity index (χ4n) is 3.53. The van der Waals surface area contributed by atoms with Crippen LogP contribution in [-0.4, -0.2) is 62.5 Å². The van der Waals surface area contributed by atoms with E-state index >= 15 is 0 Å². The summed E-state index contributed by atoms with van der Waals surface area (Å²) in [5.41, 5.74) is 1.18. The van der Waals surface area contributed by atoms with E-state index in [1.54, 1.807) is 0 Å². The number of aliphatic imine (C=N–C) groups is 1. The molecule has 2 aliphatic heterocycles. The van der Waals surface area contributed by atoms with E-state index in [1.807, 2.05) is 12.1 Å². The van der Waals surface area contributed by atoms with Crippen molar-refractivity contribution in [3.8, 4) is 5.75 Å². The number of morpholine rings is 1. The molecule has 2 fully saturated rings. The number of benzene rings is 1. The summed E-state index contributed by atoms with van der Waals surface area (Å²) in [5, 5.41) is 3.43. The van der Waals surface area contributed by atoms with Crippen LogP contribution in [0.4, 0.5) is 0 Å². The standard InChI is InChI=1S/C22H35N3O3/c1-4-23-22(25-11-13-27-21(15-25)20-6-5-12-26-20)24-14-18-7-9-19(10-8-18)28-16-17(2)3/h7-10,17,20-21H,4-6,11-16H2,1-3H3,(H,23,24). The molecule has 2 unspecified atom stereocenters. The fourth-order valence-corrected chi connectivity index (χ4v) is 3.53. The Morgan fingerprint density at radius 2 is 2.00 bits per heavy atom. The Bertz CT molecular complexity index is 612. The Morgan fingerprint density at radius 1 is 1.21 bits per heavy atom. The SMILES string of the molecule is CCNC(=NCc1ccc(OCC(C)C)cc1)N1CCOC(C2CCCO2)C1. The minimum atomic E-state index is 0.137. The van der Waals surface area contributed by atoms with Gasteiger partial charge < -0.3 is 24.4 Å². The van der Waals surface area contributed by atoms with Crippen LogP contribution >= 0.6 is 0 Å². The first kappa shape index (κ1) is 20.9. The molecule has 6 heteroatoms. The van der Waals surface area contributed by atoms with Gasteiger partial charge in [0.1, 0.15) is 11.9 Å². The fraction of sp³-hybridized carbons (Fsp3) is 0.682. The van der Waals surface area contributed by atoms with Crippen LogP contribution in [0.2, 0.25) is 0 Å². The van der Waals surface area contributed by atoms with Crippen molar-refractivity contribution in [3.05, 3.63) is 29.8 Å². The molecule has 0 bridgehead atoms. The number of hydrogen-bond acceptors (Lipinski definition) is 4. The monoisotopic (exact) mass is 389 g/mol. The summed E-state index contributed by atoms with van der Waals surface area (Å²) in [6.07, 6.45) is 2.59. The van der Waals surface area contributed by atoms with Gasteiger partial charge in [0, 0.05) is 26.2 Å². The smallest absolute Gasteiger partial charge is 0.194 e. The maximum Gasteiger partial charge on any atom is 0.194 e. The molecule has 2 atom stereocenters. The lowest BCUT2D eigenvalue weighted by atomic mass is 10.1. The largest absolute Gasteiger partial charge is 0.493 e. The van der Waals surface area contributed by atoms with E-state index in [4.69, 9.17) is 19.2 Å². The number of guanidine groups is 1. The van der Waals surface area contributed by atoms with E-state index in [2.05, 4.69) is 43.1 Å². The minimum Gasteiger partial charge on any atom is -0.493 e.